The number of anilines is 1. The standard InChI is InChI=1S/C9H13N3O2S/c1-5-11-12-9(15-5)10-7-3-2-6(4-7)8(13)14/h6-7H,2-4H2,1H3,(H,10,12)(H,13,14). The lowest BCUT2D eigenvalue weighted by molar-refractivity contribution is -0.141. The number of nitrogens with one attached hydrogen (secondary N) is 1. The third kappa shape index (κ3) is 2.44. The number of carbonyl (C=O) groups is 1. The predicted molar refractivity (Wildman–Crippen MR) is 57.0 cm³/mol. The van der Waals surface area contributed by atoms with Crippen molar-refractivity contribution in [2.75, 3.05) is 5.32 Å². The molecule has 1 aliphatic carbocycles. The van der Waals surface area contributed by atoms with E-state index in [0.29, 0.717) is 6.42 Å². The largest absolute Gasteiger partial charge is 0.481 e. The number of aryl methyl sites for hydroxylation is 1. The Morgan fingerprint density at radius 1 is 1.53 bits per heavy atom. The lowest BCUT2D eigenvalue weighted by Crippen LogP contribution is -2.17. The second-order valence-corrected chi connectivity index (χ2v) is 5.00. The van der Waals surface area contributed by atoms with Crippen molar-refractivity contribution in [1.82, 2.24) is 10.2 Å². The van der Waals surface area contributed by atoms with Crippen molar-refractivity contribution >= 4 is 22.4 Å². The predicted octanol–water partition coefficient (Wildman–Crippen LogP) is 1.51. The summed E-state index contributed by atoms with van der Waals surface area (Å²) in [6, 6.07) is 0.235. The maximum atomic E-state index is 10.8. The summed E-state index contributed by atoms with van der Waals surface area (Å²) in [4.78, 5) is 10.8. The third-order valence-electron chi connectivity index (χ3n) is 2.64. The summed E-state index contributed by atoms with van der Waals surface area (Å²) >= 11 is 1.50. The summed E-state index contributed by atoms with van der Waals surface area (Å²) in [7, 11) is 0. The molecule has 1 aromatic rings. The van der Waals surface area contributed by atoms with E-state index in [1.165, 1.54) is 11.3 Å². The zero-order valence-electron chi connectivity index (χ0n) is 8.43. The SMILES string of the molecule is Cc1nnc(NC2CCC(C(=O)O)C2)s1. The maximum absolute atomic E-state index is 10.8. The van der Waals surface area contributed by atoms with Gasteiger partial charge < -0.3 is 10.4 Å². The summed E-state index contributed by atoms with van der Waals surface area (Å²) in [5, 5.41) is 21.7. The zero-order valence-corrected chi connectivity index (χ0v) is 9.25. The fourth-order valence-corrected chi connectivity index (χ4v) is 2.54. The Hall–Kier alpha value is -1.17. The summed E-state index contributed by atoms with van der Waals surface area (Å²) < 4.78 is 0. The van der Waals surface area contributed by atoms with E-state index in [-0.39, 0.29) is 12.0 Å². The van der Waals surface area contributed by atoms with Crippen molar-refractivity contribution in [2.45, 2.75) is 32.2 Å². The molecule has 2 atom stereocenters. The van der Waals surface area contributed by atoms with Crippen molar-refractivity contribution in [1.29, 1.82) is 0 Å². The Balaban J connectivity index is 1.90. The number of aromatic nitrogens is 2. The van der Waals surface area contributed by atoms with Crippen molar-refractivity contribution in [3.8, 4) is 0 Å². The molecule has 2 N–H and O–H groups in total. The maximum Gasteiger partial charge on any atom is 0.306 e. The number of carboxylic acid groups (broad SMARTS) is 1. The van der Waals surface area contributed by atoms with Gasteiger partial charge in [-0.25, -0.2) is 0 Å². The fraction of sp³-hybridized carbons (Fsp3) is 0.667. The van der Waals surface area contributed by atoms with Gasteiger partial charge in [0.05, 0.1) is 5.92 Å². The van der Waals surface area contributed by atoms with Crippen molar-refractivity contribution in [2.24, 2.45) is 5.92 Å². The number of hydrogen-bond donors (Lipinski definition) is 2. The lowest BCUT2D eigenvalue weighted by Gasteiger charge is -2.09. The fourth-order valence-electron chi connectivity index (χ4n) is 1.87. The van der Waals surface area contributed by atoms with E-state index in [1.54, 1.807) is 0 Å². The lowest BCUT2D eigenvalue weighted by atomic mass is 10.1. The minimum Gasteiger partial charge on any atom is -0.481 e. The van der Waals surface area contributed by atoms with E-state index >= 15 is 0 Å². The van der Waals surface area contributed by atoms with Gasteiger partial charge in [-0.3, -0.25) is 4.79 Å². The van der Waals surface area contributed by atoms with Crippen molar-refractivity contribution in [3.63, 3.8) is 0 Å². The van der Waals surface area contributed by atoms with Crippen LogP contribution in [0.15, 0.2) is 0 Å². The van der Waals surface area contributed by atoms with E-state index < -0.39 is 5.97 Å². The molecule has 0 aromatic carbocycles. The van der Waals surface area contributed by atoms with E-state index in [1.807, 2.05) is 6.92 Å². The first kappa shape index (κ1) is 10.4. The number of carboxylic acids is 1. The highest BCUT2D eigenvalue weighted by molar-refractivity contribution is 7.15. The molecular formula is C9H13N3O2S. The molecule has 1 fully saturated rings. The zero-order chi connectivity index (χ0) is 10.8. The second-order valence-electron chi connectivity index (χ2n) is 3.82. The van der Waals surface area contributed by atoms with Crippen LogP contribution in [-0.4, -0.2) is 27.3 Å². The van der Waals surface area contributed by atoms with E-state index in [2.05, 4.69) is 15.5 Å². The van der Waals surface area contributed by atoms with Gasteiger partial charge in [0.2, 0.25) is 5.13 Å². The molecule has 0 radical (unpaired) electrons. The molecule has 0 amide bonds. The normalized spacial score (nSPS) is 25.4. The van der Waals surface area contributed by atoms with Crippen LogP contribution in [0.2, 0.25) is 0 Å². The molecule has 1 aromatic heterocycles. The third-order valence-corrected chi connectivity index (χ3v) is 3.41. The molecule has 0 spiro atoms. The molecule has 2 unspecified atom stereocenters. The van der Waals surface area contributed by atoms with Gasteiger partial charge in [-0.1, -0.05) is 11.3 Å². The first-order valence-electron chi connectivity index (χ1n) is 4.94. The highest BCUT2D eigenvalue weighted by atomic mass is 32.1. The first-order valence-corrected chi connectivity index (χ1v) is 5.76. The van der Waals surface area contributed by atoms with E-state index in [9.17, 15) is 4.79 Å². The summed E-state index contributed by atoms with van der Waals surface area (Å²) in [5.41, 5.74) is 0. The number of nitrogens with zero attached hydrogens (tertiary/aromatic N) is 2. The Morgan fingerprint density at radius 3 is 2.87 bits per heavy atom. The van der Waals surface area contributed by atoms with Crippen LogP contribution >= 0.6 is 11.3 Å². The van der Waals surface area contributed by atoms with Crippen LogP contribution in [0.3, 0.4) is 0 Å². The van der Waals surface area contributed by atoms with Gasteiger partial charge in [0.15, 0.2) is 0 Å². The van der Waals surface area contributed by atoms with Crippen LogP contribution in [-0.2, 0) is 4.79 Å². The van der Waals surface area contributed by atoms with Gasteiger partial charge in [-0.05, 0) is 26.2 Å². The summed E-state index contributed by atoms with van der Waals surface area (Å²) in [5.74, 6) is -0.885. The molecular weight excluding hydrogens is 214 g/mol. The minimum absolute atomic E-state index is 0.198. The number of aliphatic carboxylic acids is 1. The van der Waals surface area contributed by atoms with Crippen LogP contribution in [0.5, 0.6) is 0 Å². The molecule has 1 heterocycles. The van der Waals surface area contributed by atoms with E-state index in [0.717, 1.165) is 23.0 Å². The Labute approximate surface area is 91.5 Å². The van der Waals surface area contributed by atoms with Gasteiger partial charge in [0, 0.05) is 6.04 Å². The monoisotopic (exact) mass is 227 g/mol. The molecule has 1 saturated carbocycles. The molecule has 6 heteroatoms. The van der Waals surface area contributed by atoms with Crippen molar-refractivity contribution < 1.29 is 9.90 Å². The average molecular weight is 227 g/mol. The summed E-state index contributed by atoms with van der Waals surface area (Å²) in [6.07, 6.45) is 2.34. The molecule has 1 aliphatic rings. The number of rotatable bonds is 3. The molecule has 5 nitrogen and oxygen atoms in total. The molecule has 2 rings (SSSR count). The highest BCUT2D eigenvalue weighted by Crippen LogP contribution is 2.28. The second kappa shape index (κ2) is 4.14. The van der Waals surface area contributed by atoms with Crippen LogP contribution in [0.1, 0.15) is 24.3 Å². The molecule has 0 aliphatic heterocycles. The van der Waals surface area contributed by atoms with E-state index in [4.69, 9.17) is 5.11 Å². The molecule has 0 saturated heterocycles. The van der Waals surface area contributed by atoms with Crippen LogP contribution in [0.25, 0.3) is 0 Å². The number of hydrogen-bond acceptors (Lipinski definition) is 5. The smallest absolute Gasteiger partial charge is 0.306 e. The van der Waals surface area contributed by atoms with Gasteiger partial charge in [-0.15, -0.1) is 10.2 Å². The van der Waals surface area contributed by atoms with Gasteiger partial charge in [0.1, 0.15) is 5.01 Å². The van der Waals surface area contributed by atoms with Gasteiger partial charge >= 0.3 is 5.97 Å². The molecule has 15 heavy (non-hydrogen) atoms. The summed E-state index contributed by atoms with van der Waals surface area (Å²) in [6.45, 7) is 1.90. The van der Waals surface area contributed by atoms with Gasteiger partial charge in [-0.2, -0.15) is 0 Å². The van der Waals surface area contributed by atoms with Crippen LogP contribution in [0, 0.1) is 12.8 Å². The Bertz CT molecular complexity index is 366. The Kier molecular flexibility index (Phi) is 2.86. The minimum atomic E-state index is -0.687. The highest BCUT2D eigenvalue weighted by Gasteiger charge is 2.29. The topological polar surface area (TPSA) is 75.1 Å². The first-order chi connectivity index (χ1) is 7.15. The van der Waals surface area contributed by atoms with Crippen LogP contribution < -0.4 is 5.32 Å². The quantitative estimate of drug-likeness (QED) is 0.818. The van der Waals surface area contributed by atoms with Crippen molar-refractivity contribution in [3.05, 3.63) is 5.01 Å². The average Bonchev–Trinajstić information content (AvgIpc) is 2.76. The Morgan fingerprint density at radius 2 is 2.33 bits per heavy atom. The molecule has 0 bridgehead atoms. The van der Waals surface area contributed by atoms with Crippen LogP contribution in [0.4, 0.5) is 5.13 Å². The molecule has 82 valence electrons. The van der Waals surface area contributed by atoms with Gasteiger partial charge in [0.25, 0.3) is 0 Å².